The summed E-state index contributed by atoms with van der Waals surface area (Å²) in [5.74, 6) is 1.08. The van der Waals surface area contributed by atoms with Gasteiger partial charge in [0.25, 0.3) is 11.8 Å². The van der Waals surface area contributed by atoms with Gasteiger partial charge in [-0.1, -0.05) is 19.8 Å². The molecule has 1 atom stereocenters. The maximum Gasteiger partial charge on any atom is 0.329 e. The molecule has 1 unspecified atom stereocenters. The Morgan fingerprint density at radius 1 is 1.05 bits per heavy atom. The lowest BCUT2D eigenvalue weighted by molar-refractivity contribution is -0.125. The minimum atomic E-state index is -3.58. The molecule has 11 nitrogen and oxygen atoms in total. The van der Waals surface area contributed by atoms with E-state index in [-0.39, 0.29) is 37.1 Å². The van der Waals surface area contributed by atoms with Crippen molar-refractivity contribution in [3.05, 3.63) is 28.8 Å². The summed E-state index contributed by atoms with van der Waals surface area (Å²) in [5, 5.41) is 14.8. The lowest BCUT2D eigenvalue weighted by Gasteiger charge is -2.34. The summed E-state index contributed by atoms with van der Waals surface area (Å²) in [7, 11) is -3.58. The molecule has 2 saturated heterocycles. The number of aliphatic imine (C=N–C) groups is 1. The lowest BCUT2D eigenvalue weighted by Crippen LogP contribution is -2.51. The highest BCUT2D eigenvalue weighted by Gasteiger charge is 2.48. The molecular formula is C28H39N5O6S. The van der Waals surface area contributed by atoms with E-state index in [1.807, 2.05) is 13.8 Å². The van der Waals surface area contributed by atoms with Crippen LogP contribution >= 0.6 is 0 Å². The van der Waals surface area contributed by atoms with E-state index >= 15 is 0 Å². The fraction of sp³-hybridized carbons (Fsp3) is 0.643. The Hall–Kier alpha value is -2.83. The number of amides is 4. The summed E-state index contributed by atoms with van der Waals surface area (Å²) in [5.41, 5.74) is 1.92. The number of nitrogens with zero attached hydrogens (tertiary/aromatic N) is 3. The molecular weight excluding hydrogens is 534 g/mol. The van der Waals surface area contributed by atoms with Crippen molar-refractivity contribution in [2.24, 2.45) is 16.8 Å². The summed E-state index contributed by atoms with van der Waals surface area (Å²) >= 11 is 0. The van der Waals surface area contributed by atoms with Gasteiger partial charge >= 0.3 is 6.03 Å². The molecule has 1 spiro atoms. The number of imide groups is 1. The molecule has 3 N–H and O–H groups in total. The fourth-order valence-electron chi connectivity index (χ4n) is 6.50. The maximum atomic E-state index is 13.3. The number of urea groups is 1. The van der Waals surface area contributed by atoms with Crippen LogP contribution in [0.25, 0.3) is 0 Å². The predicted octanol–water partition coefficient (Wildman–Crippen LogP) is 1.78. The molecule has 0 aromatic heterocycles. The Kier molecular flexibility index (Phi) is 7.79. The minimum Gasteiger partial charge on any atom is -0.394 e. The first kappa shape index (κ1) is 28.7. The van der Waals surface area contributed by atoms with Gasteiger partial charge in [-0.15, -0.1) is 0 Å². The van der Waals surface area contributed by atoms with Crippen LogP contribution in [0.4, 0.5) is 10.5 Å². The van der Waals surface area contributed by atoms with Crippen molar-refractivity contribution < 1.29 is 27.9 Å². The van der Waals surface area contributed by atoms with Gasteiger partial charge in [0.1, 0.15) is 17.4 Å². The van der Waals surface area contributed by atoms with Crippen molar-refractivity contribution in [1.82, 2.24) is 14.9 Å². The average molecular weight is 574 g/mol. The first-order valence-electron chi connectivity index (χ1n) is 14.2. The van der Waals surface area contributed by atoms with E-state index in [1.165, 1.54) is 4.31 Å². The number of amidine groups is 1. The highest BCUT2D eigenvalue weighted by molar-refractivity contribution is 7.89. The first-order valence-corrected chi connectivity index (χ1v) is 15.8. The molecule has 218 valence electrons. The number of hydrogen-bond acceptors (Lipinski definition) is 7. The molecule has 40 heavy (non-hydrogen) atoms. The molecule has 1 saturated carbocycles. The Morgan fingerprint density at radius 2 is 1.68 bits per heavy atom. The van der Waals surface area contributed by atoms with Gasteiger partial charge in [0.2, 0.25) is 10.0 Å². The number of nitrogens with one attached hydrogen (secondary N) is 2. The monoisotopic (exact) mass is 573 g/mol. The fourth-order valence-corrected chi connectivity index (χ4v) is 7.95. The molecule has 1 aliphatic carbocycles. The van der Waals surface area contributed by atoms with E-state index in [9.17, 15) is 27.9 Å². The van der Waals surface area contributed by atoms with Crippen LogP contribution in [0, 0.1) is 25.7 Å². The molecule has 4 aliphatic rings. The number of anilines is 1. The number of aliphatic hydroxyl groups excluding tert-OH is 1. The number of carbonyl (C=O) groups excluding carboxylic acids is 3. The standard InChI is InChI=1S/C28H39N5O6S/c1-17-4-6-20(7-5-17)24-30-26(36)28(31-24)9-11-32(12-10-28)40(38,39)13-8-22-18(2)14-21(15-19(22)3)33-25(35)23(16-34)29-27(33)37/h14-15,17,20,23,34H,4-13,16H2,1-3H3,(H,29,37)(H,30,31,36)/t17-,20-,23?. The van der Waals surface area contributed by atoms with Gasteiger partial charge in [0.05, 0.1) is 18.0 Å². The number of benzene rings is 1. The first-order chi connectivity index (χ1) is 18.9. The van der Waals surface area contributed by atoms with E-state index in [0.29, 0.717) is 24.4 Å². The van der Waals surface area contributed by atoms with Crippen molar-refractivity contribution >= 4 is 39.4 Å². The van der Waals surface area contributed by atoms with Gasteiger partial charge in [-0.2, -0.15) is 0 Å². The van der Waals surface area contributed by atoms with Gasteiger partial charge in [0, 0.05) is 19.0 Å². The highest BCUT2D eigenvalue weighted by atomic mass is 32.2. The second kappa shape index (κ2) is 10.9. The SMILES string of the molecule is Cc1cc(N2C(=O)NC(CO)C2=O)cc(C)c1CCS(=O)(=O)N1CCC2(CC1)N=C([C@H]1CC[C@H](C)CC1)NC2=O. The third-order valence-corrected chi connectivity index (χ3v) is 11.0. The largest absolute Gasteiger partial charge is 0.394 e. The number of aliphatic hydroxyl groups is 1. The van der Waals surface area contributed by atoms with Crippen LogP contribution in [0.1, 0.15) is 62.1 Å². The number of sulfonamides is 1. The van der Waals surface area contributed by atoms with E-state index in [1.54, 1.807) is 12.1 Å². The smallest absolute Gasteiger partial charge is 0.329 e. The molecule has 3 fully saturated rings. The van der Waals surface area contributed by atoms with Gasteiger partial charge in [-0.25, -0.2) is 22.4 Å². The molecule has 0 bridgehead atoms. The molecule has 5 rings (SSSR count). The molecule has 1 aromatic rings. The van der Waals surface area contributed by atoms with Gasteiger partial charge in [0.15, 0.2) is 0 Å². The summed E-state index contributed by atoms with van der Waals surface area (Å²) in [6.07, 6.45) is 5.36. The van der Waals surface area contributed by atoms with Crippen LogP contribution in [0.3, 0.4) is 0 Å². The third-order valence-electron chi connectivity index (χ3n) is 9.10. The van der Waals surface area contributed by atoms with Crippen LogP contribution in [0.5, 0.6) is 0 Å². The number of carbonyl (C=O) groups is 3. The van der Waals surface area contributed by atoms with E-state index in [4.69, 9.17) is 4.99 Å². The molecule has 4 amide bonds. The zero-order chi connectivity index (χ0) is 28.8. The van der Waals surface area contributed by atoms with Gasteiger partial charge < -0.3 is 15.7 Å². The average Bonchev–Trinajstić information content (AvgIpc) is 3.38. The van der Waals surface area contributed by atoms with Crippen LogP contribution in [0.2, 0.25) is 0 Å². The molecule has 0 radical (unpaired) electrons. The summed E-state index contributed by atoms with van der Waals surface area (Å²) < 4.78 is 28.1. The van der Waals surface area contributed by atoms with Crippen LogP contribution in [0.15, 0.2) is 17.1 Å². The predicted molar refractivity (Wildman–Crippen MR) is 151 cm³/mol. The maximum absolute atomic E-state index is 13.3. The van der Waals surface area contributed by atoms with Gasteiger partial charge in [-0.05, 0) is 80.7 Å². The van der Waals surface area contributed by atoms with E-state index < -0.39 is 40.1 Å². The van der Waals surface area contributed by atoms with Crippen LogP contribution in [-0.4, -0.2) is 78.5 Å². The number of piperidine rings is 1. The van der Waals surface area contributed by atoms with Crippen molar-refractivity contribution in [3.63, 3.8) is 0 Å². The Bertz CT molecular complexity index is 1320. The number of aryl methyl sites for hydroxylation is 2. The highest BCUT2D eigenvalue weighted by Crippen LogP contribution is 2.36. The minimum absolute atomic E-state index is 0.0856. The van der Waals surface area contributed by atoms with Crippen molar-refractivity contribution in [3.8, 4) is 0 Å². The van der Waals surface area contributed by atoms with Crippen molar-refractivity contribution in [2.45, 2.75) is 77.3 Å². The quantitative estimate of drug-likeness (QED) is 0.424. The van der Waals surface area contributed by atoms with Crippen LogP contribution in [-0.2, 0) is 26.0 Å². The summed E-state index contributed by atoms with van der Waals surface area (Å²) in [4.78, 5) is 43.6. The lowest BCUT2D eigenvalue weighted by atomic mass is 9.82. The topological polar surface area (TPSA) is 148 Å². The Balaban J connectivity index is 1.22. The van der Waals surface area contributed by atoms with Crippen molar-refractivity contribution in [1.29, 1.82) is 0 Å². The number of rotatable bonds is 7. The summed E-state index contributed by atoms with van der Waals surface area (Å²) in [6.45, 7) is 5.93. The van der Waals surface area contributed by atoms with Gasteiger partial charge in [-0.3, -0.25) is 14.6 Å². The molecule has 12 heteroatoms. The van der Waals surface area contributed by atoms with E-state index in [2.05, 4.69) is 17.6 Å². The molecule has 3 aliphatic heterocycles. The molecule has 1 aromatic carbocycles. The number of hydrogen-bond donors (Lipinski definition) is 3. The van der Waals surface area contributed by atoms with E-state index in [0.717, 1.165) is 53.1 Å². The Labute approximate surface area is 235 Å². The molecule has 3 heterocycles. The normalized spacial score (nSPS) is 27.2. The zero-order valence-corrected chi connectivity index (χ0v) is 24.2. The second-order valence-electron chi connectivity index (χ2n) is 11.8. The zero-order valence-electron chi connectivity index (χ0n) is 23.4. The van der Waals surface area contributed by atoms with Crippen molar-refractivity contribution in [2.75, 3.05) is 30.3 Å². The third kappa shape index (κ3) is 5.28. The van der Waals surface area contributed by atoms with Crippen LogP contribution < -0.4 is 15.5 Å². The second-order valence-corrected chi connectivity index (χ2v) is 13.9. The Morgan fingerprint density at radius 3 is 2.25 bits per heavy atom. The summed E-state index contributed by atoms with van der Waals surface area (Å²) in [6, 6.07) is 1.82.